The Hall–Kier alpha value is -2.70. The normalized spacial score (nSPS) is 10.5. The van der Waals surface area contributed by atoms with Gasteiger partial charge in [0.1, 0.15) is 10.8 Å². The van der Waals surface area contributed by atoms with Crippen LogP contribution in [-0.4, -0.2) is 11.8 Å². The molecule has 1 aromatic heterocycles. The average Bonchev–Trinajstić information content (AvgIpc) is 2.99. The molecule has 126 valence electrons. The Kier molecular flexibility index (Phi) is 4.83. The topological polar surface area (TPSA) is 72.2 Å². The molecule has 3 aromatic rings. The van der Waals surface area contributed by atoms with Gasteiger partial charge in [0, 0.05) is 4.88 Å². The SMILES string of the molecule is NC(=O)c1cc(-c2ccccc2)sc1NC(=O)c1ccc(F)cc1Cl. The van der Waals surface area contributed by atoms with Crippen molar-refractivity contribution in [2.24, 2.45) is 5.73 Å². The highest BCUT2D eigenvalue weighted by atomic mass is 35.5. The fraction of sp³-hybridized carbons (Fsp3) is 0. The maximum atomic E-state index is 13.1. The van der Waals surface area contributed by atoms with Crippen molar-refractivity contribution in [1.82, 2.24) is 0 Å². The monoisotopic (exact) mass is 374 g/mol. The lowest BCUT2D eigenvalue weighted by atomic mass is 10.1. The van der Waals surface area contributed by atoms with Crippen molar-refractivity contribution in [3.8, 4) is 10.4 Å². The molecule has 0 aliphatic heterocycles. The van der Waals surface area contributed by atoms with E-state index in [1.165, 1.54) is 17.4 Å². The third kappa shape index (κ3) is 3.70. The molecule has 0 saturated carbocycles. The Morgan fingerprint density at radius 2 is 1.76 bits per heavy atom. The van der Waals surface area contributed by atoms with Gasteiger partial charge in [0.2, 0.25) is 0 Å². The zero-order valence-corrected chi connectivity index (χ0v) is 14.3. The molecule has 0 atom stereocenters. The minimum Gasteiger partial charge on any atom is -0.366 e. The van der Waals surface area contributed by atoms with Gasteiger partial charge in [0.05, 0.1) is 16.1 Å². The molecule has 3 N–H and O–H groups in total. The van der Waals surface area contributed by atoms with Crippen molar-refractivity contribution in [3.63, 3.8) is 0 Å². The van der Waals surface area contributed by atoms with E-state index in [1.807, 2.05) is 30.3 Å². The van der Waals surface area contributed by atoms with Crippen molar-refractivity contribution >= 4 is 39.8 Å². The molecule has 7 heteroatoms. The number of hydrogen-bond donors (Lipinski definition) is 2. The molecule has 3 rings (SSSR count). The summed E-state index contributed by atoms with van der Waals surface area (Å²) in [5.74, 6) is -1.74. The molecule has 0 aliphatic rings. The van der Waals surface area contributed by atoms with Crippen LogP contribution in [0.2, 0.25) is 5.02 Å². The highest BCUT2D eigenvalue weighted by Gasteiger charge is 2.19. The summed E-state index contributed by atoms with van der Waals surface area (Å²) in [7, 11) is 0. The molecule has 0 unspecified atom stereocenters. The lowest BCUT2D eigenvalue weighted by Crippen LogP contribution is -2.16. The van der Waals surface area contributed by atoms with E-state index in [2.05, 4.69) is 5.32 Å². The molecule has 1 heterocycles. The number of thiophene rings is 1. The van der Waals surface area contributed by atoms with Gasteiger partial charge in [-0.25, -0.2) is 4.39 Å². The fourth-order valence-corrected chi connectivity index (χ4v) is 3.57. The molecule has 0 saturated heterocycles. The highest BCUT2D eigenvalue weighted by Crippen LogP contribution is 2.35. The second-order valence-corrected chi connectivity index (χ2v) is 6.62. The van der Waals surface area contributed by atoms with Crippen molar-refractivity contribution in [2.75, 3.05) is 5.32 Å². The molecule has 0 spiro atoms. The van der Waals surface area contributed by atoms with Crippen LogP contribution in [-0.2, 0) is 0 Å². The minimum atomic E-state index is -0.654. The number of rotatable bonds is 4. The van der Waals surface area contributed by atoms with Gasteiger partial charge in [-0.2, -0.15) is 0 Å². The lowest BCUT2D eigenvalue weighted by molar-refractivity contribution is 0.100. The van der Waals surface area contributed by atoms with Crippen LogP contribution >= 0.6 is 22.9 Å². The summed E-state index contributed by atoms with van der Waals surface area (Å²) in [6, 6.07) is 14.5. The number of primary amides is 1. The van der Waals surface area contributed by atoms with E-state index < -0.39 is 17.6 Å². The minimum absolute atomic E-state index is 0.0158. The summed E-state index contributed by atoms with van der Waals surface area (Å²) in [6.07, 6.45) is 0. The quantitative estimate of drug-likeness (QED) is 0.702. The first-order valence-electron chi connectivity index (χ1n) is 7.21. The Labute approximate surface area is 152 Å². The van der Waals surface area contributed by atoms with Gasteiger partial charge < -0.3 is 11.1 Å². The second-order valence-electron chi connectivity index (χ2n) is 5.16. The molecule has 25 heavy (non-hydrogen) atoms. The van der Waals surface area contributed by atoms with Crippen LogP contribution in [0.15, 0.2) is 54.6 Å². The van der Waals surface area contributed by atoms with Gasteiger partial charge in [0.25, 0.3) is 11.8 Å². The van der Waals surface area contributed by atoms with Gasteiger partial charge in [-0.3, -0.25) is 9.59 Å². The lowest BCUT2D eigenvalue weighted by Gasteiger charge is -2.06. The summed E-state index contributed by atoms with van der Waals surface area (Å²) >= 11 is 7.13. The first-order valence-corrected chi connectivity index (χ1v) is 8.40. The number of nitrogens with one attached hydrogen (secondary N) is 1. The molecular weight excluding hydrogens is 363 g/mol. The number of carbonyl (C=O) groups excluding carboxylic acids is 2. The second kappa shape index (κ2) is 7.04. The van der Waals surface area contributed by atoms with Gasteiger partial charge >= 0.3 is 0 Å². The molecule has 0 aliphatic carbocycles. The summed E-state index contributed by atoms with van der Waals surface area (Å²) in [5, 5.41) is 2.93. The van der Waals surface area contributed by atoms with Crippen LogP contribution < -0.4 is 11.1 Å². The molecule has 2 aromatic carbocycles. The summed E-state index contributed by atoms with van der Waals surface area (Å²) in [5.41, 5.74) is 6.62. The predicted molar refractivity (Wildman–Crippen MR) is 97.6 cm³/mol. The molecule has 0 bridgehead atoms. The van der Waals surface area contributed by atoms with Crippen LogP contribution in [0.3, 0.4) is 0 Å². The van der Waals surface area contributed by atoms with Gasteiger partial charge in [-0.05, 0) is 29.8 Å². The van der Waals surface area contributed by atoms with Crippen molar-refractivity contribution < 1.29 is 14.0 Å². The van der Waals surface area contributed by atoms with E-state index in [0.717, 1.165) is 22.6 Å². The Balaban J connectivity index is 1.95. The number of hydrogen-bond acceptors (Lipinski definition) is 3. The zero-order valence-electron chi connectivity index (χ0n) is 12.8. The number of amides is 2. The van der Waals surface area contributed by atoms with E-state index in [-0.39, 0.29) is 16.1 Å². The molecule has 2 amide bonds. The van der Waals surface area contributed by atoms with E-state index in [9.17, 15) is 14.0 Å². The summed E-state index contributed by atoms with van der Waals surface area (Å²) in [6.45, 7) is 0. The number of carbonyl (C=O) groups is 2. The van der Waals surface area contributed by atoms with Crippen molar-refractivity contribution in [3.05, 3.63) is 76.6 Å². The maximum Gasteiger partial charge on any atom is 0.257 e. The molecule has 0 fully saturated rings. The van der Waals surface area contributed by atoms with Crippen molar-refractivity contribution in [2.45, 2.75) is 0 Å². The fourth-order valence-electron chi connectivity index (χ4n) is 2.26. The van der Waals surface area contributed by atoms with Crippen LogP contribution in [0.25, 0.3) is 10.4 Å². The molecule has 0 radical (unpaired) electrons. The van der Waals surface area contributed by atoms with Crippen LogP contribution in [0, 0.1) is 5.82 Å². The van der Waals surface area contributed by atoms with E-state index >= 15 is 0 Å². The van der Waals surface area contributed by atoms with Crippen LogP contribution in [0.5, 0.6) is 0 Å². The average molecular weight is 375 g/mol. The first-order chi connectivity index (χ1) is 12.0. The Morgan fingerprint density at radius 3 is 2.40 bits per heavy atom. The molecular formula is C18H12ClFN2O2S. The van der Waals surface area contributed by atoms with E-state index in [0.29, 0.717) is 5.00 Å². The largest absolute Gasteiger partial charge is 0.366 e. The predicted octanol–water partition coefficient (Wildman–Crippen LogP) is 4.56. The Bertz CT molecular complexity index is 957. The van der Waals surface area contributed by atoms with Crippen LogP contribution in [0.1, 0.15) is 20.7 Å². The van der Waals surface area contributed by atoms with Gasteiger partial charge in [0.15, 0.2) is 0 Å². The first kappa shape index (κ1) is 17.1. The van der Waals surface area contributed by atoms with Gasteiger partial charge in [-0.1, -0.05) is 41.9 Å². The third-order valence-corrected chi connectivity index (χ3v) is 4.87. The molecule has 4 nitrogen and oxygen atoms in total. The number of halogens is 2. The highest BCUT2D eigenvalue weighted by molar-refractivity contribution is 7.20. The number of anilines is 1. The summed E-state index contributed by atoms with van der Waals surface area (Å²) < 4.78 is 13.1. The number of nitrogens with two attached hydrogens (primary N) is 1. The Morgan fingerprint density at radius 1 is 1.04 bits per heavy atom. The van der Waals surface area contributed by atoms with Crippen LogP contribution in [0.4, 0.5) is 9.39 Å². The standard InChI is InChI=1S/C18H12ClFN2O2S/c19-14-8-11(20)6-7-12(14)17(24)22-18-13(16(21)23)9-15(25-18)10-4-2-1-3-5-10/h1-9H,(H2,21,23)(H,22,24). The van der Waals surface area contributed by atoms with Crippen molar-refractivity contribution in [1.29, 1.82) is 0 Å². The third-order valence-electron chi connectivity index (χ3n) is 3.46. The summed E-state index contributed by atoms with van der Waals surface area (Å²) in [4.78, 5) is 24.9. The zero-order chi connectivity index (χ0) is 18.0. The maximum absolute atomic E-state index is 13.1. The van der Waals surface area contributed by atoms with E-state index in [4.69, 9.17) is 17.3 Å². The smallest absolute Gasteiger partial charge is 0.257 e. The number of benzene rings is 2. The van der Waals surface area contributed by atoms with E-state index in [1.54, 1.807) is 6.07 Å². The van der Waals surface area contributed by atoms with Gasteiger partial charge in [-0.15, -0.1) is 11.3 Å².